The second kappa shape index (κ2) is 4.85. The molecule has 2 rings (SSSR count). The molecule has 0 unspecified atom stereocenters. The molecule has 1 aliphatic heterocycles. The Morgan fingerprint density at radius 1 is 1.31 bits per heavy atom. The van der Waals surface area contributed by atoms with Crippen LogP contribution in [0.15, 0.2) is 24.3 Å². The minimum absolute atomic E-state index is 0.265. The molecule has 16 heavy (non-hydrogen) atoms. The highest BCUT2D eigenvalue weighted by atomic mass is 16.5. The maximum absolute atomic E-state index is 9.36. The predicted molar refractivity (Wildman–Crippen MR) is 63.8 cm³/mol. The molecule has 0 bridgehead atoms. The molecule has 2 atom stereocenters. The summed E-state index contributed by atoms with van der Waals surface area (Å²) in [5, 5.41) is 9.36. The quantitative estimate of drug-likeness (QED) is 0.836. The molecule has 1 fully saturated rings. The van der Waals surface area contributed by atoms with Crippen LogP contribution in [0.2, 0.25) is 0 Å². The Balaban J connectivity index is 2.16. The summed E-state index contributed by atoms with van der Waals surface area (Å²) in [6, 6.07) is 8.18. The Kier molecular flexibility index (Phi) is 3.46. The average molecular weight is 221 g/mol. The maximum atomic E-state index is 9.36. The Morgan fingerprint density at radius 2 is 2.00 bits per heavy atom. The van der Waals surface area contributed by atoms with Gasteiger partial charge in [-0.3, -0.25) is 0 Å². The van der Waals surface area contributed by atoms with Gasteiger partial charge < -0.3 is 14.7 Å². The molecule has 0 saturated carbocycles. The van der Waals surface area contributed by atoms with E-state index >= 15 is 0 Å². The third-order valence-electron chi connectivity index (χ3n) is 3.40. The number of aliphatic hydroxyl groups is 1. The topological polar surface area (TPSA) is 32.7 Å². The summed E-state index contributed by atoms with van der Waals surface area (Å²) < 4.78 is 5.15. The van der Waals surface area contributed by atoms with Crippen LogP contribution in [0.1, 0.15) is 11.5 Å². The van der Waals surface area contributed by atoms with Crippen molar-refractivity contribution >= 4 is 0 Å². The summed E-state index contributed by atoms with van der Waals surface area (Å²) in [4.78, 5) is 2.27. The van der Waals surface area contributed by atoms with Gasteiger partial charge in [-0.25, -0.2) is 0 Å². The number of benzene rings is 1. The van der Waals surface area contributed by atoms with Crippen LogP contribution in [0.25, 0.3) is 0 Å². The molecular formula is C13H19NO2. The molecule has 88 valence electrons. The Bertz CT molecular complexity index is 336. The number of aliphatic hydroxyl groups excluding tert-OH is 1. The Labute approximate surface area is 96.6 Å². The molecule has 0 spiro atoms. The van der Waals surface area contributed by atoms with E-state index < -0.39 is 0 Å². The van der Waals surface area contributed by atoms with E-state index in [1.165, 1.54) is 5.56 Å². The van der Waals surface area contributed by atoms with Crippen LogP contribution in [0.5, 0.6) is 5.75 Å². The van der Waals surface area contributed by atoms with Gasteiger partial charge in [0.15, 0.2) is 0 Å². The zero-order chi connectivity index (χ0) is 11.5. The van der Waals surface area contributed by atoms with Gasteiger partial charge in [-0.1, -0.05) is 12.1 Å². The highest BCUT2D eigenvalue weighted by molar-refractivity contribution is 5.30. The van der Waals surface area contributed by atoms with Gasteiger partial charge in [0.1, 0.15) is 5.75 Å². The number of methoxy groups -OCH3 is 1. The van der Waals surface area contributed by atoms with Crippen molar-refractivity contribution in [3.05, 3.63) is 29.8 Å². The normalized spacial score (nSPS) is 25.9. The van der Waals surface area contributed by atoms with Crippen LogP contribution in [-0.4, -0.2) is 43.9 Å². The van der Waals surface area contributed by atoms with Crippen LogP contribution in [0.4, 0.5) is 0 Å². The number of hydrogen-bond acceptors (Lipinski definition) is 3. The van der Waals surface area contributed by atoms with Crippen molar-refractivity contribution in [2.45, 2.75) is 5.92 Å². The van der Waals surface area contributed by atoms with Crippen LogP contribution >= 0.6 is 0 Å². The first-order valence-corrected chi connectivity index (χ1v) is 5.68. The zero-order valence-corrected chi connectivity index (χ0v) is 9.89. The van der Waals surface area contributed by atoms with Gasteiger partial charge in [0, 0.05) is 31.5 Å². The maximum Gasteiger partial charge on any atom is 0.118 e. The number of likely N-dealkylation sites (tertiary alicyclic amines) is 1. The highest BCUT2D eigenvalue weighted by Crippen LogP contribution is 2.32. The van der Waals surface area contributed by atoms with Gasteiger partial charge in [0.05, 0.1) is 7.11 Å². The molecule has 0 amide bonds. The molecule has 3 heteroatoms. The SMILES string of the molecule is COc1ccc([C@H]2CN(C)C[C@H]2CO)cc1. The van der Waals surface area contributed by atoms with E-state index in [9.17, 15) is 5.11 Å². The fraction of sp³-hybridized carbons (Fsp3) is 0.538. The van der Waals surface area contributed by atoms with Gasteiger partial charge >= 0.3 is 0 Å². The lowest BCUT2D eigenvalue weighted by Gasteiger charge is -2.16. The summed E-state index contributed by atoms with van der Waals surface area (Å²) in [7, 11) is 3.78. The molecule has 0 radical (unpaired) electrons. The first kappa shape index (κ1) is 11.4. The first-order valence-electron chi connectivity index (χ1n) is 5.68. The average Bonchev–Trinajstić information content (AvgIpc) is 2.70. The molecule has 1 N–H and O–H groups in total. The lowest BCUT2D eigenvalue weighted by Crippen LogP contribution is -2.15. The third kappa shape index (κ3) is 2.20. The second-order valence-electron chi connectivity index (χ2n) is 4.54. The van der Waals surface area contributed by atoms with Gasteiger partial charge in [0.25, 0.3) is 0 Å². The Hall–Kier alpha value is -1.06. The van der Waals surface area contributed by atoms with Gasteiger partial charge in [-0.15, -0.1) is 0 Å². The van der Waals surface area contributed by atoms with Crippen molar-refractivity contribution in [3.8, 4) is 5.75 Å². The molecule has 0 aliphatic carbocycles. The monoisotopic (exact) mass is 221 g/mol. The van der Waals surface area contributed by atoms with E-state index in [-0.39, 0.29) is 6.61 Å². The van der Waals surface area contributed by atoms with Crippen LogP contribution in [-0.2, 0) is 0 Å². The minimum Gasteiger partial charge on any atom is -0.497 e. The van der Waals surface area contributed by atoms with Gasteiger partial charge in [-0.2, -0.15) is 0 Å². The van der Waals surface area contributed by atoms with E-state index in [1.807, 2.05) is 12.1 Å². The summed E-state index contributed by atoms with van der Waals surface area (Å²) in [6.45, 7) is 2.27. The molecule has 3 nitrogen and oxygen atoms in total. The molecule has 1 aromatic carbocycles. The predicted octanol–water partition coefficient (Wildman–Crippen LogP) is 1.33. The molecule has 0 aromatic heterocycles. The number of likely N-dealkylation sites (N-methyl/N-ethyl adjacent to an activating group) is 1. The second-order valence-corrected chi connectivity index (χ2v) is 4.54. The van der Waals surface area contributed by atoms with Crippen LogP contribution in [0, 0.1) is 5.92 Å². The number of ether oxygens (including phenoxy) is 1. The first-order chi connectivity index (χ1) is 7.74. The number of nitrogens with zero attached hydrogens (tertiary/aromatic N) is 1. The van der Waals surface area contributed by atoms with Crippen molar-refractivity contribution in [2.24, 2.45) is 5.92 Å². The number of rotatable bonds is 3. The lowest BCUT2D eigenvalue weighted by atomic mass is 9.89. The molecule has 1 aliphatic rings. The minimum atomic E-state index is 0.265. The summed E-state index contributed by atoms with van der Waals surface area (Å²) in [6.07, 6.45) is 0. The van der Waals surface area contributed by atoms with E-state index in [4.69, 9.17) is 4.74 Å². The summed E-state index contributed by atoms with van der Waals surface area (Å²) in [5.41, 5.74) is 1.30. The van der Waals surface area contributed by atoms with Crippen molar-refractivity contribution in [1.29, 1.82) is 0 Å². The van der Waals surface area contributed by atoms with E-state index in [1.54, 1.807) is 7.11 Å². The van der Waals surface area contributed by atoms with Crippen molar-refractivity contribution in [1.82, 2.24) is 4.90 Å². The molecular weight excluding hydrogens is 202 g/mol. The third-order valence-corrected chi connectivity index (χ3v) is 3.40. The summed E-state index contributed by atoms with van der Waals surface area (Å²) >= 11 is 0. The van der Waals surface area contributed by atoms with E-state index in [0.717, 1.165) is 18.8 Å². The highest BCUT2D eigenvalue weighted by Gasteiger charge is 2.31. The lowest BCUT2D eigenvalue weighted by molar-refractivity contribution is 0.219. The molecule has 1 heterocycles. The van der Waals surface area contributed by atoms with Crippen molar-refractivity contribution in [2.75, 3.05) is 33.9 Å². The zero-order valence-electron chi connectivity index (χ0n) is 9.89. The fourth-order valence-corrected chi connectivity index (χ4v) is 2.50. The molecule has 1 aromatic rings. The fourth-order valence-electron chi connectivity index (χ4n) is 2.50. The van der Waals surface area contributed by atoms with Crippen molar-refractivity contribution < 1.29 is 9.84 Å². The molecule has 1 saturated heterocycles. The van der Waals surface area contributed by atoms with Gasteiger partial charge in [-0.05, 0) is 24.7 Å². The summed E-state index contributed by atoms with van der Waals surface area (Å²) in [5.74, 6) is 1.69. The number of hydrogen-bond donors (Lipinski definition) is 1. The van der Waals surface area contributed by atoms with E-state index in [2.05, 4.69) is 24.1 Å². The van der Waals surface area contributed by atoms with Crippen LogP contribution in [0.3, 0.4) is 0 Å². The van der Waals surface area contributed by atoms with Crippen LogP contribution < -0.4 is 4.74 Å². The largest absolute Gasteiger partial charge is 0.497 e. The van der Waals surface area contributed by atoms with Crippen molar-refractivity contribution in [3.63, 3.8) is 0 Å². The van der Waals surface area contributed by atoms with Gasteiger partial charge in [0.2, 0.25) is 0 Å². The van der Waals surface area contributed by atoms with E-state index in [0.29, 0.717) is 11.8 Å². The standard InChI is InChI=1S/C13H19NO2/c1-14-7-11(9-15)13(8-14)10-3-5-12(16-2)6-4-10/h3-6,11,13,15H,7-9H2,1-2H3/t11-,13+/m0/s1. The Morgan fingerprint density at radius 3 is 2.56 bits per heavy atom. The smallest absolute Gasteiger partial charge is 0.118 e.